The highest BCUT2D eigenvalue weighted by Gasteiger charge is 2.49. The van der Waals surface area contributed by atoms with Gasteiger partial charge in [-0.2, -0.15) is 0 Å². The monoisotopic (exact) mass is 362 g/mol. The quantitative estimate of drug-likeness (QED) is 0.821. The summed E-state index contributed by atoms with van der Waals surface area (Å²) >= 11 is 6.08. The minimum atomic E-state index is -0.0339. The van der Waals surface area contributed by atoms with Crippen LogP contribution in [0.25, 0.3) is 0 Å². The largest absolute Gasteiger partial charge is 0.360 e. The molecule has 2 aliphatic heterocycles. The molecule has 2 atom stereocenters. The molecule has 2 saturated heterocycles. The molecule has 0 aromatic heterocycles. The van der Waals surface area contributed by atoms with E-state index in [2.05, 4.69) is 11.0 Å². The van der Waals surface area contributed by atoms with E-state index < -0.39 is 0 Å². The average molecular weight is 363 g/mol. The molecule has 4 rings (SSSR count). The number of rotatable bonds is 3. The summed E-state index contributed by atoms with van der Waals surface area (Å²) in [5.74, 6) is 0.0979. The number of imide groups is 1. The molecule has 25 heavy (non-hydrogen) atoms. The third kappa shape index (κ3) is 3.27. The minimum absolute atomic E-state index is 0.0339. The fourth-order valence-corrected chi connectivity index (χ4v) is 4.71. The van der Waals surface area contributed by atoms with Crippen molar-refractivity contribution in [2.24, 2.45) is 11.8 Å². The molecular formula is C19H25ClN3O2+. The SMILES string of the molecule is O=C1[C@@H]2CCCC[C@H]2C(=O)N1C[NH+]1CCN(c2cccc(Cl)c2)CC1. The number of nitrogens with one attached hydrogen (secondary N) is 1. The van der Waals surface area contributed by atoms with Crippen LogP contribution in [0, 0.1) is 11.8 Å². The molecule has 1 N–H and O–H groups in total. The fraction of sp³-hybridized carbons (Fsp3) is 0.579. The highest BCUT2D eigenvalue weighted by Crippen LogP contribution is 2.37. The first kappa shape index (κ1) is 16.9. The topological polar surface area (TPSA) is 45.1 Å². The van der Waals surface area contributed by atoms with Crippen LogP contribution >= 0.6 is 11.6 Å². The Kier molecular flexibility index (Phi) is 4.69. The summed E-state index contributed by atoms with van der Waals surface area (Å²) in [5, 5.41) is 0.753. The molecule has 134 valence electrons. The number of piperazine rings is 1. The first-order valence-electron chi connectivity index (χ1n) is 9.33. The lowest BCUT2D eigenvalue weighted by atomic mass is 9.81. The lowest BCUT2D eigenvalue weighted by Gasteiger charge is -2.35. The standard InChI is InChI=1S/C19H24ClN3O2/c20-14-4-3-5-15(12-14)22-10-8-21(9-11-22)13-23-18(24)16-6-1-2-7-17(16)19(23)25/h3-5,12,16-17H,1-2,6-11,13H2/p+1/t16-,17-/m1/s1. The molecule has 2 heterocycles. The molecule has 3 aliphatic rings. The highest BCUT2D eigenvalue weighted by atomic mass is 35.5. The van der Waals surface area contributed by atoms with Crippen LogP contribution in [0.1, 0.15) is 25.7 Å². The van der Waals surface area contributed by atoms with Crippen molar-refractivity contribution in [3.63, 3.8) is 0 Å². The molecular weight excluding hydrogens is 338 g/mol. The van der Waals surface area contributed by atoms with Gasteiger partial charge in [0.2, 0.25) is 11.8 Å². The van der Waals surface area contributed by atoms with E-state index in [1.54, 1.807) is 4.90 Å². The zero-order chi connectivity index (χ0) is 17.4. The molecule has 0 bridgehead atoms. The van der Waals surface area contributed by atoms with Gasteiger partial charge in [-0.05, 0) is 31.0 Å². The van der Waals surface area contributed by atoms with Crippen LogP contribution in [0.15, 0.2) is 24.3 Å². The van der Waals surface area contributed by atoms with E-state index >= 15 is 0 Å². The minimum Gasteiger partial charge on any atom is -0.360 e. The molecule has 2 amide bonds. The van der Waals surface area contributed by atoms with Crippen LogP contribution in [0.3, 0.4) is 0 Å². The number of likely N-dealkylation sites (tertiary alicyclic amines) is 1. The molecule has 0 unspecified atom stereocenters. The molecule has 3 fully saturated rings. The zero-order valence-corrected chi connectivity index (χ0v) is 15.2. The molecule has 1 aromatic carbocycles. The number of halogens is 1. The Bertz CT molecular complexity index is 648. The maximum Gasteiger partial charge on any atom is 0.237 e. The van der Waals surface area contributed by atoms with Gasteiger partial charge in [0.15, 0.2) is 6.67 Å². The van der Waals surface area contributed by atoms with E-state index in [0.29, 0.717) is 6.67 Å². The highest BCUT2D eigenvalue weighted by molar-refractivity contribution is 6.30. The lowest BCUT2D eigenvalue weighted by molar-refractivity contribution is -0.908. The average Bonchev–Trinajstić information content (AvgIpc) is 2.88. The normalized spacial score (nSPS) is 27.7. The van der Waals surface area contributed by atoms with Gasteiger partial charge >= 0.3 is 0 Å². The van der Waals surface area contributed by atoms with Crippen LogP contribution in [-0.2, 0) is 9.59 Å². The van der Waals surface area contributed by atoms with Crippen LogP contribution in [0.4, 0.5) is 5.69 Å². The van der Waals surface area contributed by atoms with Gasteiger partial charge in [-0.15, -0.1) is 0 Å². The summed E-state index contributed by atoms with van der Waals surface area (Å²) in [4.78, 5) is 30.4. The second kappa shape index (κ2) is 6.96. The number of carbonyl (C=O) groups excluding carboxylic acids is 2. The van der Waals surface area contributed by atoms with E-state index in [9.17, 15) is 9.59 Å². The van der Waals surface area contributed by atoms with Gasteiger partial charge < -0.3 is 9.80 Å². The van der Waals surface area contributed by atoms with E-state index in [1.807, 2.05) is 18.2 Å². The Morgan fingerprint density at radius 3 is 2.28 bits per heavy atom. The molecule has 1 aliphatic carbocycles. The lowest BCUT2D eigenvalue weighted by Crippen LogP contribution is -3.16. The van der Waals surface area contributed by atoms with Gasteiger partial charge in [0, 0.05) is 10.7 Å². The van der Waals surface area contributed by atoms with E-state index in [1.165, 1.54) is 4.90 Å². The summed E-state index contributed by atoms with van der Waals surface area (Å²) in [6, 6.07) is 7.93. The summed E-state index contributed by atoms with van der Waals surface area (Å²) in [7, 11) is 0. The summed E-state index contributed by atoms with van der Waals surface area (Å²) in [6.07, 6.45) is 3.95. The van der Waals surface area contributed by atoms with Crippen molar-refractivity contribution in [1.82, 2.24) is 4.90 Å². The second-order valence-electron chi connectivity index (χ2n) is 7.48. The zero-order valence-electron chi connectivity index (χ0n) is 14.4. The van der Waals surface area contributed by atoms with Crippen LogP contribution in [-0.4, -0.2) is 49.6 Å². The van der Waals surface area contributed by atoms with Crippen molar-refractivity contribution in [3.05, 3.63) is 29.3 Å². The summed E-state index contributed by atoms with van der Waals surface area (Å²) < 4.78 is 0. The summed E-state index contributed by atoms with van der Waals surface area (Å²) in [5.41, 5.74) is 1.14. The number of amides is 2. The molecule has 0 spiro atoms. The number of nitrogens with zero attached hydrogens (tertiary/aromatic N) is 2. The van der Waals surface area contributed by atoms with Crippen LogP contribution in [0.2, 0.25) is 5.02 Å². The number of benzene rings is 1. The Balaban J connectivity index is 1.36. The van der Waals surface area contributed by atoms with Gasteiger partial charge in [0.25, 0.3) is 0 Å². The molecule has 1 aromatic rings. The third-order valence-electron chi connectivity index (χ3n) is 5.96. The van der Waals surface area contributed by atoms with Crippen molar-refractivity contribution >= 4 is 29.1 Å². The predicted octanol–water partition coefficient (Wildman–Crippen LogP) is 1.18. The number of carbonyl (C=O) groups is 2. The maximum absolute atomic E-state index is 12.6. The van der Waals surface area contributed by atoms with Crippen molar-refractivity contribution < 1.29 is 14.5 Å². The van der Waals surface area contributed by atoms with E-state index in [-0.39, 0.29) is 23.7 Å². The molecule has 5 nitrogen and oxygen atoms in total. The smallest absolute Gasteiger partial charge is 0.237 e. The van der Waals surface area contributed by atoms with Gasteiger partial charge in [-0.25, -0.2) is 4.90 Å². The number of quaternary nitrogens is 1. The van der Waals surface area contributed by atoms with Gasteiger partial charge in [0.05, 0.1) is 38.0 Å². The molecule has 0 radical (unpaired) electrons. The van der Waals surface area contributed by atoms with Crippen molar-refractivity contribution in [2.75, 3.05) is 37.7 Å². The fourth-order valence-electron chi connectivity index (χ4n) is 4.52. The van der Waals surface area contributed by atoms with Crippen LogP contribution < -0.4 is 9.80 Å². The number of anilines is 1. The number of hydrogen-bond donors (Lipinski definition) is 1. The van der Waals surface area contributed by atoms with Crippen molar-refractivity contribution in [2.45, 2.75) is 25.7 Å². The van der Waals surface area contributed by atoms with E-state index in [4.69, 9.17) is 11.6 Å². The van der Waals surface area contributed by atoms with E-state index in [0.717, 1.165) is 62.6 Å². The second-order valence-corrected chi connectivity index (χ2v) is 7.91. The van der Waals surface area contributed by atoms with Gasteiger partial charge in [0.1, 0.15) is 0 Å². The Morgan fingerprint density at radius 2 is 1.68 bits per heavy atom. The number of fused-ring (bicyclic) bond motifs is 1. The van der Waals surface area contributed by atoms with Crippen LogP contribution in [0.5, 0.6) is 0 Å². The Labute approximate surface area is 153 Å². The maximum atomic E-state index is 12.6. The number of hydrogen-bond acceptors (Lipinski definition) is 3. The third-order valence-corrected chi connectivity index (χ3v) is 6.19. The molecule has 1 saturated carbocycles. The Morgan fingerprint density at radius 1 is 1.04 bits per heavy atom. The van der Waals surface area contributed by atoms with Crippen molar-refractivity contribution in [3.8, 4) is 0 Å². The first-order valence-corrected chi connectivity index (χ1v) is 9.70. The van der Waals surface area contributed by atoms with Gasteiger partial charge in [-0.3, -0.25) is 9.59 Å². The first-order chi connectivity index (χ1) is 12.1. The van der Waals surface area contributed by atoms with Gasteiger partial charge in [-0.1, -0.05) is 30.5 Å². The van der Waals surface area contributed by atoms with Crippen molar-refractivity contribution in [1.29, 1.82) is 0 Å². The predicted molar refractivity (Wildman–Crippen MR) is 96.5 cm³/mol. The molecule has 6 heteroatoms. The Hall–Kier alpha value is -1.59. The summed E-state index contributed by atoms with van der Waals surface area (Å²) in [6.45, 7) is 4.23.